The monoisotopic (exact) mass is 543 g/mol. The van der Waals surface area contributed by atoms with Crippen LogP contribution in [0.25, 0.3) is 0 Å². The van der Waals surface area contributed by atoms with Crippen LogP contribution in [-0.2, 0) is 16.2 Å². The van der Waals surface area contributed by atoms with Crippen molar-refractivity contribution in [2.75, 3.05) is 19.0 Å². The van der Waals surface area contributed by atoms with Crippen molar-refractivity contribution in [3.8, 4) is 17.2 Å². The van der Waals surface area contributed by atoms with Gasteiger partial charge in [-0.3, -0.25) is 9.59 Å². The first kappa shape index (κ1) is 27.8. The van der Waals surface area contributed by atoms with Crippen LogP contribution in [0, 0.1) is 0 Å². The van der Waals surface area contributed by atoms with E-state index in [0.717, 1.165) is 5.56 Å². The largest absolute Gasteiger partial charge is 0.495 e. The third-order valence-electron chi connectivity index (χ3n) is 5.03. The number of para-hydroxylation sites is 2. The molecular formula is C27H27Cl2N3O5. The van der Waals surface area contributed by atoms with E-state index in [0.29, 0.717) is 45.2 Å². The number of amides is 2. The fourth-order valence-corrected chi connectivity index (χ4v) is 3.67. The second-order valence-electron chi connectivity index (χ2n) is 7.71. The molecule has 3 aromatic carbocycles. The number of nitrogens with one attached hydrogen (secondary N) is 2. The summed E-state index contributed by atoms with van der Waals surface area (Å²) in [6, 6.07) is 17.5. The summed E-state index contributed by atoms with van der Waals surface area (Å²) in [6.45, 7) is 2.54. The quantitative estimate of drug-likeness (QED) is 0.220. The van der Waals surface area contributed by atoms with E-state index in [4.69, 9.17) is 37.4 Å². The SMILES string of the molecule is CCOc1cc(C=NNC(=O)CCC(=O)Nc2ccccc2OC)ccc1OCc1ccc(Cl)cc1Cl. The van der Waals surface area contributed by atoms with E-state index in [1.807, 2.05) is 6.92 Å². The van der Waals surface area contributed by atoms with Gasteiger partial charge in [0, 0.05) is 28.5 Å². The van der Waals surface area contributed by atoms with Gasteiger partial charge in [0.25, 0.3) is 0 Å². The van der Waals surface area contributed by atoms with Crippen LogP contribution in [-0.4, -0.2) is 31.7 Å². The molecule has 0 aliphatic heterocycles. The van der Waals surface area contributed by atoms with Crippen LogP contribution in [0.1, 0.15) is 30.9 Å². The van der Waals surface area contributed by atoms with Crippen molar-refractivity contribution in [3.63, 3.8) is 0 Å². The molecule has 0 saturated carbocycles. The Balaban J connectivity index is 1.51. The summed E-state index contributed by atoms with van der Waals surface area (Å²) in [5.41, 5.74) is 4.45. The lowest BCUT2D eigenvalue weighted by Gasteiger charge is -2.13. The topological polar surface area (TPSA) is 98.2 Å². The van der Waals surface area contributed by atoms with E-state index in [-0.39, 0.29) is 25.4 Å². The van der Waals surface area contributed by atoms with Gasteiger partial charge in [-0.1, -0.05) is 41.4 Å². The van der Waals surface area contributed by atoms with Crippen molar-refractivity contribution in [1.29, 1.82) is 0 Å². The van der Waals surface area contributed by atoms with Gasteiger partial charge in [0.1, 0.15) is 12.4 Å². The van der Waals surface area contributed by atoms with Crippen LogP contribution >= 0.6 is 23.2 Å². The number of nitrogens with zero attached hydrogens (tertiary/aromatic N) is 1. The second-order valence-corrected chi connectivity index (χ2v) is 8.55. The molecule has 0 unspecified atom stereocenters. The molecule has 0 fully saturated rings. The molecule has 0 aliphatic rings. The maximum atomic E-state index is 12.2. The van der Waals surface area contributed by atoms with Gasteiger partial charge in [-0.15, -0.1) is 0 Å². The summed E-state index contributed by atoms with van der Waals surface area (Å²) in [5.74, 6) is 0.907. The molecule has 37 heavy (non-hydrogen) atoms. The third kappa shape index (κ3) is 8.70. The zero-order valence-corrected chi connectivity index (χ0v) is 21.9. The number of methoxy groups -OCH3 is 1. The molecule has 3 rings (SSSR count). The Bertz CT molecular complexity index is 1270. The third-order valence-corrected chi connectivity index (χ3v) is 5.62. The van der Waals surface area contributed by atoms with Gasteiger partial charge in [-0.2, -0.15) is 5.10 Å². The molecule has 2 N–H and O–H groups in total. The molecule has 3 aromatic rings. The first-order valence-corrected chi connectivity index (χ1v) is 12.2. The standard InChI is InChI=1S/C27H27Cl2N3O5/c1-3-36-25-14-18(8-11-24(25)37-17-19-9-10-20(28)15-21(19)29)16-30-32-27(34)13-12-26(33)31-22-6-4-5-7-23(22)35-2/h4-11,14-16H,3,12-13,17H2,1-2H3,(H,31,33)(H,32,34). The van der Waals surface area contributed by atoms with Gasteiger partial charge < -0.3 is 19.5 Å². The van der Waals surface area contributed by atoms with Gasteiger partial charge in [0.2, 0.25) is 11.8 Å². The number of carbonyl (C=O) groups is 2. The highest BCUT2D eigenvalue weighted by Gasteiger charge is 2.11. The van der Waals surface area contributed by atoms with Crippen molar-refractivity contribution in [2.24, 2.45) is 5.10 Å². The summed E-state index contributed by atoms with van der Waals surface area (Å²) >= 11 is 12.2. The van der Waals surface area contributed by atoms with Gasteiger partial charge in [0.15, 0.2) is 11.5 Å². The zero-order valence-electron chi connectivity index (χ0n) is 20.4. The number of benzene rings is 3. The number of ether oxygens (including phenoxy) is 3. The molecule has 8 nitrogen and oxygen atoms in total. The Morgan fingerprint density at radius 2 is 1.70 bits per heavy atom. The first-order chi connectivity index (χ1) is 17.9. The summed E-state index contributed by atoms with van der Waals surface area (Å²) < 4.78 is 16.8. The van der Waals surface area contributed by atoms with E-state index >= 15 is 0 Å². The Kier molecular flexibility index (Phi) is 10.6. The lowest BCUT2D eigenvalue weighted by Crippen LogP contribution is -2.20. The van der Waals surface area contributed by atoms with Crippen LogP contribution in [0.5, 0.6) is 17.2 Å². The Morgan fingerprint density at radius 3 is 2.46 bits per heavy atom. The smallest absolute Gasteiger partial charge is 0.240 e. The lowest BCUT2D eigenvalue weighted by molar-refractivity contribution is -0.124. The van der Waals surface area contributed by atoms with E-state index in [2.05, 4.69) is 15.8 Å². The Labute approximate surface area is 225 Å². The predicted octanol–water partition coefficient (Wildman–Crippen LogP) is 5.85. The molecule has 0 spiro atoms. The molecule has 0 atom stereocenters. The molecule has 194 valence electrons. The Hall–Kier alpha value is -3.75. The number of hydrogen-bond acceptors (Lipinski definition) is 6. The predicted molar refractivity (Wildman–Crippen MR) is 145 cm³/mol. The van der Waals surface area contributed by atoms with Crippen LogP contribution in [0.2, 0.25) is 10.0 Å². The Morgan fingerprint density at radius 1 is 0.919 bits per heavy atom. The van der Waals surface area contributed by atoms with Gasteiger partial charge >= 0.3 is 0 Å². The lowest BCUT2D eigenvalue weighted by atomic mass is 10.2. The molecule has 2 amide bonds. The minimum Gasteiger partial charge on any atom is -0.495 e. The van der Waals surface area contributed by atoms with Crippen molar-refractivity contribution in [1.82, 2.24) is 5.43 Å². The molecule has 0 radical (unpaired) electrons. The molecule has 0 aliphatic carbocycles. The second kappa shape index (κ2) is 14.1. The van der Waals surface area contributed by atoms with Crippen LogP contribution in [0.4, 0.5) is 5.69 Å². The minimum atomic E-state index is -0.392. The number of carbonyl (C=O) groups excluding carboxylic acids is 2. The fourth-order valence-electron chi connectivity index (χ4n) is 3.21. The van der Waals surface area contributed by atoms with Gasteiger partial charge in [0.05, 0.1) is 25.6 Å². The highest BCUT2D eigenvalue weighted by atomic mass is 35.5. The average molecular weight is 544 g/mol. The zero-order chi connectivity index (χ0) is 26.6. The highest BCUT2D eigenvalue weighted by molar-refractivity contribution is 6.35. The maximum Gasteiger partial charge on any atom is 0.240 e. The summed E-state index contributed by atoms with van der Waals surface area (Å²) in [5, 5.41) is 7.77. The number of halogens is 2. The summed E-state index contributed by atoms with van der Waals surface area (Å²) in [4.78, 5) is 24.3. The highest BCUT2D eigenvalue weighted by Crippen LogP contribution is 2.30. The van der Waals surface area contributed by atoms with Crippen LogP contribution < -0.4 is 25.0 Å². The van der Waals surface area contributed by atoms with Gasteiger partial charge in [-0.05, 0) is 55.0 Å². The normalized spacial score (nSPS) is 10.7. The molecule has 0 saturated heterocycles. The van der Waals surface area contributed by atoms with E-state index in [1.165, 1.54) is 13.3 Å². The summed E-state index contributed by atoms with van der Waals surface area (Å²) in [7, 11) is 1.52. The maximum absolute atomic E-state index is 12.2. The van der Waals surface area contributed by atoms with Crippen LogP contribution in [0.3, 0.4) is 0 Å². The van der Waals surface area contributed by atoms with Crippen molar-refractivity contribution < 1.29 is 23.8 Å². The fraction of sp³-hybridized carbons (Fsp3) is 0.222. The molecular weight excluding hydrogens is 517 g/mol. The number of anilines is 1. The van der Waals surface area contributed by atoms with Crippen molar-refractivity contribution >= 4 is 46.9 Å². The minimum absolute atomic E-state index is 0.00242. The molecule has 0 aromatic heterocycles. The molecule has 10 heteroatoms. The van der Waals surface area contributed by atoms with Crippen molar-refractivity contribution in [3.05, 3.63) is 81.8 Å². The van der Waals surface area contributed by atoms with E-state index in [9.17, 15) is 9.59 Å². The number of hydrazone groups is 1. The van der Waals surface area contributed by atoms with Crippen molar-refractivity contribution in [2.45, 2.75) is 26.4 Å². The summed E-state index contributed by atoms with van der Waals surface area (Å²) in [6.07, 6.45) is 1.45. The average Bonchev–Trinajstić information content (AvgIpc) is 2.88. The molecule has 0 bridgehead atoms. The van der Waals surface area contributed by atoms with E-state index < -0.39 is 5.91 Å². The first-order valence-electron chi connectivity index (χ1n) is 11.5. The van der Waals surface area contributed by atoms with Gasteiger partial charge in [-0.25, -0.2) is 5.43 Å². The molecule has 0 heterocycles. The number of rotatable bonds is 12. The van der Waals surface area contributed by atoms with E-state index in [1.54, 1.807) is 60.7 Å². The number of hydrogen-bond donors (Lipinski definition) is 2. The van der Waals surface area contributed by atoms with Crippen LogP contribution in [0.15, 0.2) is 65.8 Å².